The van der Waals surface area contributed by atoms with E-state index in [-0.39, 0.29) is 6.54 Å². The van der Waals surface area contributed by atoms with E-state index < -0.39 is 11.4 Å². The van der Waals surface area contributed by atoms with E-state index in [4.69, 9.17) is 5.73 Å². The van der Waals surface area contributed by atoms with Crippen molar-refractivity contribution in [2.24, 2.45) is 17.1 Å². The third-order valence-corrected chi connectivity index (χ3v) is 3.47. The summed E-state index contributed by atoms with van der Waals surface area (Å²) < 4.78 is 0. The SMILES string of the molecule is Cc1cc(C)cc(CC(CN)(CC(C)C)C(=O)O)c1. The molecule has 1 aromatic carbocycles. The molecule has 1 rings (SSSR count). The second-order valence-corrected chi connectivity index (χ2v) is 6.06. The largest absolute Gasteiger partial charge is 0.481 e. The first-order valence-corrected chi connectivity index (χ1v) is 6.80. The molecule has 0 fully saturated rings. The molecule has 0 aliphatic carbocycles. The van der Waals surface area contributed by atoms with Crippen LogP contribution in [0.3, 0.4) is 0 Å². The van der Waals surface area contributed by atoms with E-state index in [2.05, 4.69) is 18.2 Å². The molecule has 19 heavy (non-hydrogen) atoms. The number of benzene rings is 1. The number of hydrogen-bond acceptors (Lipinski definition) is 2. The first kappa shape index (κ1) is 15.7. The first-order valence-electron chi connectivity index (χ1n) is 6.80. The Labute approximate surface area is 115 Å². The van der Waals surface area contributed by atoms with Gasteiger partial charge in [-0.05, 0) is 38.2 Å². The highest BCUT2D eigenvalue weighted by Crippen LogP contribution is 2.31. The lowest BCUT2D eigenvalue weighted by Crippen LogP contribution is -2.41. The summed E-state index contributed by atoms with van der Waals surface area (Å²) in [7, 11) is 0. The van der Waals surface area contributed by atoms with Crippen LogP contribution >= 0.6 is 0 Å². The smallest absolute Gasteiger partial charge is 0.311 e. The van der Waals surface area contributed by atoms with Gasteiger partial charge in [-0.15, -0.1) is 0 Å². The molecule has 0 amide bonds. The summed E-state index contributed by atoms with van der Waals surface area (Å²) in [5.41, 5.74) is 8.33. The summed E-state index contributed by atoms with van der Waals surface area (Å²) in [6.45, 7) is 8.31. The van der Waals surface area contributed by atoms with Crippen molar-refractivity contribution in [3.63, 3.8) is 0 Å². The standard InChI is InChI=1S/C16H25NO2/c1-11(2)8-16(10-17,15(18)19)9-14-6-12(3)5-13(4)7-14/h5-7,11H,8-10,17H2,1-4H3,(H,18,19). The van der Waals surface area contributed by atoms with Crippen molar-refractivity contribution in [1.29, 1.82) is 0 Å². The molecule has 0 aliphatic heterocycles. The molecule has 0 radical (unpaired) electrons. The van der Waals surface area contributed by atoms with Gasteiger partial charge in [-0.25, -0.2) is 0 Å². The molecular formula is C16H25NO2. The van der Waals surface area contributed by atoms with Crippen LogP contribution < -0.4 is 5.73 Å². The molecule has 1 unspecified atom stereocenters. The van der Waals surface area contributed by atoms with Gasteiger partial charge in [-0.2, -0.15) is 0 Å². The second kappa shape index (κ2) is 6.20. The van der Waals surface area contributed by atoms with Gasteiger partial charge < -0.3 is 10.8 Å². The molecule has 0 spiro atoms. The van der Waals surface area contributed by atoms with E-state index >= 15 is 0 Å². The molecule has 0 heterocycles. The average Bonchev–Trinajstić information content (AvgIpc) is 2.25. The third-order valence-electron chi connectivity index (χ3n) is 3.47. The maximum Gasteiger partial charge on any atom is 0.311 e. The van der Waals surface area contributed by atoms with Crippen molar-refractivity contribution in [2.75, 3.05) is 6.54 Å². The Morgan fingerprint density at radius 1 is 1.26 bits per heavy atom. The van der Waals surface area contributed by atoms with Gasteiger partial charge in [0.25, 0.3) is 0 Å². The van der Waals surface area contributed by atoms with Gasteiger partial charge in [0.15, 0.2) is 0 Å². The number of nitrogens with two attached hydrogens (primary N) is 1. The van der Waals surface area contributed by atoms with Gasteiger partial charge in [0, 0.05) is 6.54 Å². The quantitative estimate of drug-likeness (QED) is 0.829. The summed E-state index contributed by atoms with van der Waals surface area (Å²) in [6, 6.07) is 6.21. The van der Waals surface area contributed by atoms with Crippen LogP contribution in [0.15, 0.2) is 18.2 Å². The molecular weight excluding hydrogens is 238 g/mol. The van der Waals surface area contributed by atoms with Crippen LogP contribution in [0.25, 0.3) is 0 Å². The molecule has 0 saturated carbocycles. The normalized spacial score (nSPS) is 14.4. The fourth-order valence-electron chi connectivity index (χ4n) is 2.82. The Kier molecular flexibility index (Phi) is 5.12. The Morgan fingerprint density at radius 2 is 1.79 bits per heavy atom. The number of carboxylic acids is 1. The van der Waals surface area contributed by atoms with Gasteiger partial charge >= 0.3 is 5.97 Å². The number of carbonyl (C=O) groups is 1. The van der Waals surface area contributed by atoms with Crippen molar-refractivity contribution >= 4 is 5.97 Å². The molecule has 0 aromatic heterocycles. The first-order chi connectivity index (χ1) is 8.79. The monoisotopic (exact) mass is 263 g/mol. The molecule has 0 bridgehead atoms. The summed E-state index contributed by atoms with van der Waals surface area (Å²) in [4.78, 5) is 11.7. The lowest BCUT2D eigenvalue weighted by molar-refractivity contribution is -0.149. The predicted molar refractivity (Wildman–Crippen MR) is 78.2 cm³/mol. The number of rotatable bonds is 6. The van der Waals surface area contributed by atoms with E-state index in [1.165, 1.54) is 0 Å². The van der Waals surface area contributed by atoms with Crippen molar-refractivity contribution in [1.82, 2.24) is 0 Å². The van der Waals surface area contributed by atoms with Crippen LogP contribution in [0.5, 0.6) is 0 Å². The van der Waals surface area contributed by atoms with Gasteiger partial charge in [0.2, 0.25) is 0 Å². The van der Waals surface area contributed by atoms with Crippen LogP contribution in [-0.4, -0.2) is 17.6 Å². The van der Waals surface area contributed by atoms with Gasteiger partial charge in [0.1, 0.15) is 0 Å². The van der Waals surface area contributed by atoms with Crippen molar-refractivity contribution < 1.29 is 9.90 Å². The number of aryl methyl sites for hydroxylation is 2. The van der Waals surface area contributed by atoms with Crippen LogP contribution in [0.4, 0.5) is 0 Å². The van der Waals surface area contributed by atoms with E-state index in [0.717, 1.165) is 16.7 Å². The van der Waals surface area contributed by atoms with E-state index in [1.54, 1.807) is 0 Å². The minimum Gasteiger partial charge on any atom is -0.481 e. The van der Waals surface area contributed by atoms with Gasteiger partial charge in [-0.3, -0.25) is 4.79 Å². The van der Waals surface area contributed by atoms with Crippen molar-refractivity contribution in [2.45, 2.75) is 40.5 Å². The fraction of sp³-hybridized carbons (Fsp3) is 0.562. The molecule has 106 valence electrons. The Balaban J connectivity index is 3.09. The summed E-state index contributed by atoms with van der Waals surface area (Å²) in [6.07, 6.45) is 1.10. The fourth-order valence-corrected chi connectivity index (χ4v) is 2.82. The number of aliphatic carboxylic acids is 1. The lowest BCUT2D eigenvalue weighted by Gasteiger charge is -2.30. The molecule has 1 atom stereocenters. The van der Waals surface area contributed by atoms with Crippen LogP contribution in [0.1, 0.15) is 37.0 Å². The highest BCUT2D eigenvalue weighted by Gasteiger charge is 2.37. The molecule has 0 aliphatic rings. The number of carboxylic acid groups (broad SMARTS) is 1. The Hall–Kier alpha value is -1.35. The summed E-state index contributed by atoms with van der Waals surface area (Å²) in [5.74, 6) is -0.478. The highest BCUT2D eigenvalue weighted by molar-refractivity contribution is 5.75. The molecule has 3 N–H and O–H groups in total. The Morgan fingerprint density at radius 3 is 2.16 bits per heavy atom. The maximum absolute atomic E-state index is 11.7. The van der Waals surface area contributed by atoms with Crippen LogP contribution in [0, 0.1) is 25.2 Å². The Bertz CT molecular complexity index is 434. The minimum absolute atomic E-state index is 0.174. The van der Waals surface area contributed by atoms with E-state index in [1.807, 2.05) is 27.7 Å². The molecule has 3 nitrogen and oxygen atoms in total. The van der Waals surface area contributed by atoms with Gasteiger partial charge in [0.05, 0.1) is 5.41 Å². The summed E-state index contributed by atoms with van der Waals surface area (Å²) in [5, 5.41) is 9.59. The molecule has 1 aromatic rings. The van der Waals surface area contributed by atoms with Gasteiger partial charge in [-0.1, -0.05) is 43.2 Å². The average molecular weight is 263 g/mol. The predicted octanol–water partition coefficient (Wildman–Crippen LogP) is 2.92. The van der Waals surface area contributed by atoms with Crippen LogP contribution in [-0.2, 0) is 11.2 Å². The zero-order chi connectivity index (χ0) is 14.6. The second-order valence-electron chi connectivity index (χ2n) is 6.06. The van der Waals surface area contributed by atoms with Crippen LogP contribution in [0.2, 0.25) is 0 Å². The zero-order valence-electron chi connectivity index (χ0n) is 12.4. The lowest BCUT2D eigenvalue weighted by atomic mass is 9.75. The maximum atomic E-state index is 11.7. The number of hydrogen-bond donors (Lipinski definition) is 2. The zero-order valence-corrected chi connectivity index (χ0v) is 12.4. The minimum atomic E-state index is -0.853. The highest BCUT2D eigenvalue weighted by atomic mass is 16.4. The van der Waals surface area contributed by atoms with Crippen molar-refractivity contribution in [3.8, 4) is 0 Å². The van der Waals surface area contributed by atoms with E-state index in [0.29, 0.717) is 18.8 Å². The molecule has 0 saturated heterocycles. The molecule has 3 heteroatoms. The van der Waals surface area contributed by atoms with E-state index in [9.17, 15) is 9.90 Å². The van der Waals surface area contributed by atoms with Crippen molar-refractivity contribution in [3.05, 3.63) is 34.9 Å². The third kappa shape index (κ3) is 4.06. The summed E-state index contributed by atoms with van der Waals surface area (Å²) >= 11 is 0. The topological polar surface area (TPSA) is 63.3 Å².